The fraction of sp³-hybridized carbons (Fsp3) is 0.538. The smallest absolute Gasteiger partial charge is 0.240 e. The molecular formula is C13H22N2O2S. The summed E-state index contributed by atoms with van der Waals surface area (Å²) in [6, 6.07) is 7.19. The van der Waals surface area contributed by atoms with Gasteiger partial charge in [0.05, 0.1) is 4.90 Å². The second-order valence-electron chi connectivity index (χ2n) is 4.44. The largest absolute Gasteiger partial charge is 0.316 e. The van der Waals surface area contributed by atoms with Gasteiger partial charge in [-0.1, -0.05) is 25.5 Å². The Labute approximate surface area is 110 Å². The van der Waals surface area contributed by atoms with E-state index in [-0.39, 0.29) is 6.04 Å². The van der Waals surface area contributed by atoms with Crippen LogP contribution in [0.3, 0.4) is 0 Å². The van der Waals surface area contributed by atoms with Crippen LogP contribution in [0, 0.1) is 0 Å². The van der Waals surface area contributed by atoms with E-state index in [1.165, 1.54) is 5.56 Å². The molecular weight excluding hydrogens is 248 g/mol. The van der Waals surface area contributed by atoms with E-state index in [0.29, 0.717) is 11.4 Å². The van der Waals surface area contributed by atoms with Gasteiger partial charge in [-0.05, 0) is 38.1 Å². The van der Waals surface area contributed by atoms with Crippen LogP contribution in [0.2, 0.25) is 0 Å². The lowest BCUT2D eigenvalue weighted by atomic mass is 10.1. The molecule has 0 amide bonds. The average molecular weight is 270 g/mol. The van der Waals surface area contributed by atoms with Crippen LogP contribution in [0.15, 0.2) is 29.2 Å². The van der Waals surface area contributed by atoms with Crippen molar-refractivity contribution in [3.63, 3.8) is 0 Å². The van der Waals surface area contributed by atoms with Crippen LogP contribution in [0.1, 0.15) is 25.8 Å². The molecule has 0 heterocycles. The molecule has 0 fully saturated rings. The summed E-state index contributed by atoms with van der Waals surface area (Å²) in [4.78, 5) is 0.325. The van der Waals surface area contributed by atoms with E-state index < -0.39 is 10.0 Å². The fourth-order valence-corrected chi connectivity index (χ4v) is 2.67. The first kappa shape index (κ1) is 15.1. The third-order valence-corrected chi connectivity index (χ3v) is 4.28. The Morgan fingerprint density at radius 1 is 1.22 bits per heavy atom. The standard InChI is InChI=1S/C13H22N2O2S/c1-4-5-12-6-8-13(9-7-12)18(16,17)15-10-11(2)14-3/h6-9,11,14-15H,4-5,10H2,1-3H3. The first-order valence-electron chi connectivity index (χ1n) is 6.25. The highest BCUT2D eigenvalue weighted by Crippen LogP contribution is 2.11. The number of rotatable bonds is 7. The number of hydrogen-bond donors (Lipinski definition) is 2. The van der Waals surface area contributed by atoms with E-state index in [0.717, 1.165) is 12.8 Å². The minimum atomic E-state index is -3.39. The van der Waals surface area contributed by atoms with Crippen LogP contribution in [-0.2, 0) is 16.4 Å². The highest BCUT2D eigenvalue weighted by molar-refractivity contribution is 7.89. The van der Waals surface area contributed by atoms with Crippen molar-refractivity contribution < 1.29 is 8.42 Å². The molecule has 1 atom stereocenters. The Morgan fingerprint density at radius 3 is 2.33 bits per heavy atom. The Bertz CT molecular complexity index is 454. The van der Waals surface area contributed by atoms with Crippen molar-refractivity contribution in [2.45, 2.75) is 37.6 Å². The molecule has 0 saturated heterocycles. The lowest BCUT2D eigenvalue weighted by molar-refractivity contribution is 0.554. The third kappa shape index (κ3) is 4.40. The van der Waals surface area contributed by atoms with Gasteiger partial charge in [0.1, 0.15) is 0 Å². The molecule has 1 unspecified atom stereocenters. The van der Waals surface area contributed by atoms with Gasteiger partial charge in [0.2, 0.25) is 10.0 Å². The maximum atomic E-state index is 12.0. The number of likely N-dealkylation sites (N-methyl/N-ethyl adjacent to an activating group) is 1. The maximum absolute atomic E-state index is 12.0. The monoisotopic (exact) mass is 270 g/mol. The topological polar surface area (TPSA) is 58.2 Å². The Kier molecular flexibility index (Phi) is 5.78. The number of benzene rings is 1. The molecule has 18 heavy (non-hydrogen) atoms. The van der Waals surface area contributed by atoms with Crippen LogP contribution in [0.4, 0.5) is 0 Å². The van der Waals surface area contributed by atoms with Crippen molar-refractivity contribution in [2.24, 2.45) is 0 Å². The molecule has 0 aliphatic carbocycles. The van der Waals surface area contributed by atoms with Crippen molar-refractivity contribution in [1.29, 1.82) is 0 Å². The summed E-state index contributed by atoms with van der Waals surface area (Å²) in [7, 11) is -1.58. The van der Waals surface area contributed by atoms with E-state index in [2.05, 4.69) is 17.0 Å². The molecule has 0 aliphatic heterocycles. The normalized spacial score (nSPS) is 13.5. The summed E-state index contributed by atoms with van der Waals surface area (Å²) >= 11 is 0. The van der Waals surface area contributed by atoms with Crippen molar-refractivity contribution in [2.75, 3.05) is 13.6 Å². The predicted octanol–water partition coefficient (Wildman–Crippen LogP) is 1.53. The lowest BCUT2D eigenvalue weighted by Gasteiger charge is -2.12. The summed E-state index contributed by atoms with van der Waals surface area (Å²) in [5, 5.41) is 2.99. The molecule has 1 aromatic rings. The fourth-order valence-electron chi connectivity index (χ4n) is 1.54. The summed E-state index contributed by atoms with van der Waals surface area (Å²) in [5.74, 6) is 0. The van der Waals surface area contributed by atoms with Gasteiger partial charge in [-0.2, -0.15) is 0 Å². The minimum Gasteiger partial charge on any atom is -0.316 e. The van der Waals surface area contributed by atoms with Gasteiger partial charge in [0.25, 0.3) is 0 Å². The van der Waals surface area contributed by atoms with Crippen molar-refractivity contribution in [3.05, 3.63) is 29.8 Å². The zero-order chi connectivity index (χ0) is 13.6. The van der Waals surface area contributed by atoms with Crippen LogP contribution >= 0.6 is 0 Å². The van der Waals surface area contributed by atoms with Gasteiger partial charge >= 0.3 is 0 Å². The molecule has 4 nitrogen and oxygen atoms in total. The predicted molar refractivity (Wildman–Crippen MR) is 74.1 cm³/mol. The molecule has 0 aliphatic rings. The van der Waals surface area contributed by atoms with E-state index in [1.54, 1.807) is 19.2 Å². The highest BCUT2D eigenvalue weighted by Gasteiger charge is 2.14. The van der Waals surface area contributed by atoms with E-state index in [1.807, 2.05) is 19.1 Å². The molecule has 2 N–H and O–H groups in total. The average Bonchev–Trinajstić information content (AvgIpc) is 2.37. The van der Waals surface area contributed by atoms with Gasteiger partial charge in [-0.15, -0.1) is 0 Å². The summed E-state index contributed by atoms with van der Waals surface area (Å²) < 4.78 is 26.6. The quantitative estimate of drug-likeness (QED) is 0.790. The van der Waals surface area contributed by atoms with E-state index >= 15 is 0 Å². The van der Waals surface area contributed by atoms with E-state index in [4.69, 9.17) is 0 Å². The molecule has 5 heteroatoms. The molecule has 0 spiro atoms. The Hall–Kier alpha value is -0.910. The zero-order valence-corrected chi connectivity index (χ0v) is 12.0. The molecule has 0 bridgehead atoms. The van der Waals surface area contributed by atoms with Gasteiger partial charge in [-0.25, -0.2) is 13.1 Å². The first-order valence-corrected chi connectivity index (χ1v) is 7.73. The first-order chi connectivity index (χ1) is 8.49. The molecule has 0 radical (unpaired) electrons. The van der Waals surface area contributed by atoms with Gasteiger partial charge < -0.3 is 5.32 Å². The van der Waals surface area contributed by atoms with E-state index in [9.17, 15) is 8.42 Å². The number of aryl methyl sites for hydroxylation is 1. The molecule has 1 rings (SSSR count). The molecule has 1 aromatic carbocycles. The van der Waals surface area contributed by atoms with Crippen LogP contribution < -0.4 is 10.0 Å². The Balaban J connectivity index is 2.72. The number of sulfonamides is 1. The van der Waals surface area contributed by atoms with Gasteiger partial charge in [0, 0.05) is 12.6 Å². The Morgan fingerprint density at radius 2 is 1.83 bits per heavy atom. The maximum Gasteiger partial charge on any atom is 0.240 e. The third-order valence-electron chi connectivity index (χ3n) is 2.84. The molecule has 0 aromatic heterocycles. The number of nitrogens with one attached hydrogen (secondary N) is 2. The SMILES string of the molecule is CCCc1ccc(S(=O)(=O)NCC(C)NC)cc1. The van der Waals surface area contributed by atoms with Crippen molar-refractivity contribution in [3.8, 4) is 0 Å². The van der Waals surface area contributed by atoms with Gasteiger partial charge in [0.15, 0.2) is 0 Å². The van der Waals surface area contributed by atoms with Crippen LogP contribution in [0.5, 0.6) is 0 Å². The second-order valence-corrected chi connectivity index (χ2v) is 6.20. The van der Waals surface area contributed by atoms with Crippen molar-refractivity contribution in [1.82, 2.24) is 10.0 Å². The van der Waals surface area contributed by atoms with Crippen LogP contribution in [-0.4, -0.2) is 28.1 Å². The zero-order valence-electron chi connectivity index (χ0n) is 11.2. The van der Waals surface area contributed by atoms with Gasteiger partial charge in [-0.3, -0.25) is 0 Å². The molecule has 102 valence electrons. The summed E-state index contributed by atoms with van der Waals surface area (Å²) in [6.45, 7) is 4.41. The number of hydrogen-bond acceptors (Lipinski definition) is 3. The lowest BCUT2D eigenvalue weighted by Crippen LogP contribution is -2.37. The second kappa shape index (κ2) is 6.87. The summed E-state index contributed by atoms with van der Waals surface area (Å²) in [6.07, 6.45) is 2.04. The van der Waals surface area contributed by atoms with Crippen molar-refractivity contribution >= 4 is 10.0 Å². The minimum absolute atomic E-state index is 0.110. The van der Waals surface area contributed by atoms with Crippen LogP contribution in [0.25, 0.3) is 0 Å². The molecule has 0 saturated carbocycles. The summed E-state index contributed by atoms with van der Waals surface area (Å²) in [5.41, 5.74) is 1.17. The highest BCUT2D eigenvalue weighted by atomic mass is 32.2.